The molecule has 2 aromatic rings. The van der Waals surface area contributed by atoms with Crippen LogP contribution < -0.4 is 5.32 Å². The first kappa shape index (κ1) is 17.8. The number of halogens is 1. The fourth-order valence-corrected chi connectivity index (χ4v) is 2.76. The van der Waals surface area contributed by atoms with E-state index in [1.807, 2.05) is 0 Å². The van der Waals surface area contributed by atoms with Gasteiger partial charge >= 0.3 is 0 Å². The Morgan fingerprint density at radius 3 is 2.58 bits per heavy atom. The van der Waals surface area contributed by atoms with E-state index >= 15 is 0 Å². The average molecular weight is 356 g/mol. The van der Waals surface area contributed by atoms with Gasteiger partial charge in [-0.25, -0.2) is 4.39 Å². The fourth-order valence-electron chi connectivity index (χ4n) is 2.76. The lowest BCUT2D eigenvalue weighted by Gasteiger charge is -2.12. The Kier molecular flexibility index (Phi) is 5.09. The lowest BCUT2D eigenvalue weighted by atomic mass is 10.1. The number of ether oxygens (including phenoxy) is 1. The van der Waals surface area contributed by atoms with Crippen molar-refractivity contribution in [3.8, 4) is 0 Å². The number of nitrogens with zero attached hydrogens (tertiary/aromatic N) is 1. The highest BCUT2D eigenvalue weighted by Gasteiger charge is 2.35. The number of benzene rings is 2. The summed E-state index contributed by atoms with van der Waals surface area (Å²) < 4.78 is 18.6. The molecule has 0 bridgehead atoms. The van der Waals surface area contributed by atoms with Crippen LogP contribution >= 0.6 is 0 Å². The van der Waals surface area contributed by atoms with Crippen LogP contribution in [-0.2, 0) is 4.74 Å². The molecule has 1 N–H and O–H groups in total. The maximum atomic E-state index is 13.7. The number of carbonyl (C=O) groups is 3. The van der Waals surface area contributed by atoms with Gasteiger partial charge in [-0.3, -0.25) is 19.3 Å². The number of rotatable bonds is 6. The highest BCUT2D eigenvalue weighted by atomic mass is 19.1. The van der Waals surface area contributed by atoms with Crippen LogP contribution in [-0.4, -0.2) is 42.9 Å². The first-order valence-corrected chi connectivity index (χ1v) is 8.08. The highest BCUT2D eigenvalue weighted by Crippen LogP contribution is 2.25. The largest absolute Gasteiger partial charge is 0.385 e. The number of nitrogens with one attached hydrogen (secondary N) is 1. The van der Waals surface area contributed by atoms with E-state index in [4.69, 9.17) is 4.74 Å². The second kappa shape index (κ2) is 7.45. The third-order valence-corrected chi connectivity index (χ3v) is 4.09. The van der Waals surface area contributed by atoms with Crippen molar-refractivity contribution in [1.82, 2.24) is 4.90 Å². The van der Waals surface area contributed by atoms with Gasteiger partial charge in [-0.05, 0) is 36.8 Å². The van der Waals surface area contributed by atoms with Crippen molar-refractivity contribution in [3.63, 3.8) is 0 Å². The third-order valence-electron chi connectivity index (χ3n) is 4.09. The molecule has 3 rings (SSSR count). The number of para-hydroxylation sites is 1. The molecule has 134 valence electrons. The molecule has 1 aliphatic rings. The van der Waals surface area contributed by atoms with Crippen molar-refractivity contribution < 1.29 is 23.5 Å². The molecule has 3 amide bonds. The monoisotopic (exact) mass is 356 g/mol. The Labute approximate surface area is 149 Å². The molecule has 0 aliphatic carbocycles. The van der Waals surface area contributed by atoms with E-state index in [0.717, 1.165) is 4.90 Å². The number of fused-ring (bicyclic) bond motifs is 1. The van der Waals surface area contributed by atoms with Crippen LogP contribution in [0.1, 0.15) is 37.5 Å². The van der Waals surface area contributed by atoms with Gasteiger partial charge in [0.15, 0.2) is 0 Å². The number of hydrogen-bond acceptors (Lipinski definition) is 4. The third kappa shape index (κ3) is 3.34. The molecule has 26 heavy (non-hydrogen) atoms. The van der Waals surface area contributed by atoms with Crippen molar-refractivity contribution in [3.05, 3.63) is 65.0 Å². The number of hydrogen-bond donors (Lipinski definition) is 1. The molecule has 0 atom stereocenters. The predicted octanol–water partition coefficient (Wildman–Crippen LogP) is 2.71. The predicted molar refractivity (Wildman–Crippen MR) is 92.7 cm³/mol. The van der Waals surface area contributed by atoms with Crippen LogP contribution in [0.3, 0.4) is 0 Å². The van der Waals surface area contributed by atoms with Gasteiger partial charge in [-0.15, -0.1) is 0 Å². The van der Waals surface area contributed by atoms with Gasteiger partial charge in [0.05, 0.1) is 16.8 Å². The standard InChI is InChI=1S/C19H17FN2O4/c1-26-10-4-9-22-18(24)13-8-7-12(11-14(13)19(22)25)17(23)21-16-6-3-2-5-15(16)20/h2-3,5-8,11H,4,9-10H2,1H3,(H,21,23). The van der Waals surface area contributed by atoms with Gasteiger partial charge < -0.3 is 10.1 Å². The second-order valence-corrected chi connectivity index (χ2v) is 5.80. The molecule has 0 unspecified atom stereocenters. The molecule has 0 spiro atoms. The van der Waals surface area contributed by atoms with Crippen LogP contribution in [0.2, 0.25) is 0 Å². The van der Waals surface area contributed by atoms with Crippen LogP contribution in [0, 0.1) is 5.82 Å². The topological polar surface area (TPSA) is 75.7 Å². The molecule has 0 radical (unpaired) electrons. The van der Waals surface area contributed by atoms with Crippen LogP contribution in [0.4, 0.5) is 10.1 Å². The van der Waals surface area contributed by atoms with Crippen molar-refractivity contribution >= 4 is 23.4 Å². The lowest BCUT2D eigenvalue weighted by molar-refractivity contribution is 0.0638. The molecule has 0 aromatic heterocycles. The minimum atomic E-state index is -0.559. The number of anilines is 1. The molecular formula is C19H17FN2O4. The minimum absolute atomic E-state index is 0.0431. The highest BCUT2D eigenvalue weighted by molar-refractivity contribution is 6.22. The van der Waals surface area contributed by atoms with E-state index in [2.05, 4.69) is 5.32 Å². The van der Waals surface area contributed by atoms with Crippen molar-refractivity contribution in [2.45, 2.75) is 6.42 Å². The number of carbonyl (C=O) groups excluding carboxylic acids is 3. The van der Waals surface area contributed by atoms with Crippen molar-refractivity contribution in [2.24, 2.45) is 0 Å². The molecular weight excluding hydrogens is 339 g/mol. The SMILES string of the molecule is COCCCN1C(=O)c2ccc(C(=O)Nc3ccccc3F)cc2C1=O. The fraction of sp³-hybridized carbons (Fsp3) is 0.211. The van der Waals surface area contributed by atoms with Crippen LogP contribution in [0.15, 0.2) is 42.5 Å². The van der Waals surface area contributed by atoms with E-state index in [1.165, 1.54) is 36.4 Å². The Morgan fingerprint density at radius 2 is 1.85 bits per heavy atom. The van der Waals surface area contributed by atoms with Gasteiger partial charge in [0.25, 0.3) is 17.7 Å². The summed E-state index contributed by atoms with van der Waals surface area (Å²) in [6.07, 6.45) is 0.530. The Balaban J connectivity index is 1.80. The van der Waals surface area contributed by atoms with Gasteiger partial charge in [0, 0.05) is 25.8 Å². The van der Waals surface area contributed by atoms with Crippen molar-refractivity contribution in [2.75, 3.05) is 25.6 Å². The molecule has 6 nitrogen and oxygen atoms in total. The molecule has 2 aromatic carbocycles. The molecule has 7 heteroatoms. The van der Waals surface area contributed by atoms with Crippen molar-refractivity contribution in [1.29, 1.82) is 0 Å². The zero-order valence-corrected chi connectivity index (χ0v) is 14.1. The molecule has 1 heterocycles. The minimum Gasteiger partial charge on any atom is -0.385 e. The Hall–Kier alpha value is -3.06. The second-order valence-electron chi connectivity index (χ2n) is 5.80. The van der Waals surface area contributed by atoms with E-state index in [-0.39, 0.29) is 34.8 Å². The lowest BCUT2D eigenvalue weighted by Crippen LogP contribution is -2.31. The average Bonchev–Trinajstić information content (AvgIpc) is 2.88. The van der Waals surface area contributed by atoms with Crippen LogP contribution in [0.25, 0.3) is 0 Å². The van der Waals surface area contributed by atoms with E-state index in [1.54, 1.807) is 13.2 Å². The number of amides is 3. The Morgan fingerprint density at radius 1 is 1.12 bits per heavy atom. The Bertz CT molecular complexity index is 882. The summed E-state index contributed by atoms with van der Waals surface area (Å²) in [5.74, 6) is -1.95. The quantitative estimate of drug-likeness (QED) is 0.638. The van der Waals surface area contributed by atoms with Gasteiger partial charge in [-0.2, -0.15) is 0 Å². The smallest absolute Gasteiger partial charge is 0.261 e. The number of imide groups is 1. The van der Waals surface area contributed by atoms with Gasteiger partial charge in [0.1, 0.15) is 5.82 Å². The summed E-state index contributed by atoms with van der Waals surface area (Å²) in [6, 6.07) is 10.0. The summed E-state index contributed by atoms with van der Waals surface area (Å²) >= 11 is 0. The van der Waals surface area contributed by atoms with Crippen LogP contribution in [0.5, 0.6) is 0 Å². The number of methoxy groups -OCH3 is 1. The molecule has 0 saturated carbocycles. The van der Waals surface area contributed by atoms with Gasteiger partial charge in [0.2, 0.25) is 0 Å². The maximum absolute atomic E-state index is 13.7. The van der Waals surface area contributed by atoms with E-state index < -0.39 is 17.6 Å². The maximum Gasteiger partial charge on any atom is 0.261 e. The first-order valence-electron chi connectivity index (χ1n) is 8.08. The summed E-state index contributed by atoms with van der Waals surface area (Å²) in [5.41, 5.74) is 0.650. The summed E-state index contributed by atoms with van der Waals surface area (Å²) in [6.45, 7) is 0.681. The van der Waals surface area contributed by atoms with E-state index in [0.29, 0.717) is 13.0 Å². The normalized spacial score (nSPS) is 13.1. The molecule has 0 fully saturated rings. The first-order chi connectivity index (χ1) is 12.5. The van der Waals surface area contributed by atoms with E-state index in [9.17, 15) is 18.8 Å². The molecule has 0 saturated heterocycles. The zero-order valence-electron chi connectivity index (χ0n) is 14.1. The summed E-state index contributed by atoms with van der Waals surface area (Å²) in [4.78, 5) is 38.3. The molecule has 1 aliphatic heterocycles. The summed E-state index contributed by atoms with van der Waals surface area (Å²) in [5, 5.41) is 2.46. The zero-order chi connectivity index (χ0) is 18.7. The summed E-state index contributed by atoms with van der Waals surface area (Å²) in [7, 11) is 1.54. The van der Waals surface area contributed by atoms with Gasteiger partial charge in [-0.1, -0.05) is 12.1 Å².